The van der Waals surface area contributed by atoms with E-state index in [0.29, 0.717) is 6.54 Å². The summed E-state index contributed by atoms with van der Waals surface area (Å²) in [6.45, 7) is 0.331. The minimum atomic E-state index is -0.962. The Morgan fingerprint density at radius 1 is 1.62 bits per heavy atom. The number of hydrogen-bond donors (Lipinski definition) is 2. The van der Waals surface area contributed by atoms with Gasteiger partial charge in [-0.15, -0.1) is 11.3 Å². The molecule has 1 rings (SSSR count). The largest absolute Gasteiger partial charge is 0.361 e. The first-order chi connectivity index (χ1) is 6.09. The van der Waals surface area contributed by atoms with Crippen LogP contribution in [0.4, 0.5) is 0 Å². The maximum atomic E-state index is 10.7. The molecule has 0 aliphatic rings. The molecule has 0 saturated heterocycles. The molecule has 0 unspecified atom stereocenters. The number of nitrogens with one attached hydrogen (secondary N) is 1. The smallest absolute Gasteiger partial charge is 0.309 e. The van der Waals surface area contributed by atoms with Crippen LogP contribution in [0.3, 0.4) is 0 Å². The lowest BCUT2D eigenvalue weighted by atomic mass is 10.4. The van der Waals surface area contributed by atoms with Crippen molar-refractivity contribution in [3.05, 3.63) is 20.8 Å². The lowest BCUT2D eigenvalue weighted by Gasteiger charge is -1.98. The Kier molecular flexibility index (Phi) is 3.44. The van der Waals surface area contributed by atoms with Crippen LogP contribution in [0.1, 0.15) is 4.88 Å². The Morgan fingerprint density at radius 2 is 2.31 bits per heavy atom. The minimum absolute atomic E-state index is 0.331. The van der Waals surface area contributed by atoms with Crippen molar-refractivity contribution in [2.24, 2.45) is 5.73 Å². The number of carbonyl (C=O) groups is 2. The van der Waals surface area contributed by atoms with Gasteiger partial charge in [-0.2, -0.15) is 0 Å². The number of halogens is 1. The second-order valence-corrected chi connectivity index (χ2v) is 4.19. The summed E-state index contributed by atoms with van der Waals surface area (Å²) in [4.78, 5) is 22.0. The quantitative estimate of drug-likeness (QED) is 0.767. The SMILES string of the molecule is NC(=O)C(=O)NCc1cc(Br)cs1. The summed E-state index contributed by atoms with van der Waals surface area (Å²) in [5.41, 5.74) is 4.75. The van der Waals surface area contributed by atoms with Gasteiger partial charge in [0.15, 0.2) is 0 Å². The molecule has 70 valence electrons. The molecule has 0 atom stereocenters. The van der Waals surface area contributed by atoms with Crippen LogP contribution < -0.4 is 11.1 Å². The molecule has 0 aromatic carbocycles. The molecule has 1 aromatic rings. The number of primary amides is 1. The zero-order chi connectivity index (χ0) is 9.84. The molecule has 3 N–H and O–H groups in total. The number of carbonyl (C=O) groups excluding carboxylic acids is 2. The highest BCUT2D eigenvalue weighted by Gasteiger charge is 2.07. The Morgan fingerprint density at radius 3 is 2.77 bits per heavy atom. The van der Waals surface area contributed by atoms with Crippen LogP contribution in [0.5, 0.6) is 0 Å². The Hall–Kier alpha value is -0.880. The monoisotopic (exact) mass is 262 g/mol. The van der Waals surface area contributed by atoms with Gasteiger partial charge in [0.05, 0.1) is 6.54 Å². The lowest BCUT2D eigenvalue weighted by Crippen LogP contribution is -2.35. The van der Waals surface area contributed by atoms with E-state index in [4.69, 9.17) is 5.73 Å². The third-order valence-corrected chi connectivity index (χ3v) is 2.97. The molecule has 0 bridgehead atoms. The molecule has 0 spiro atoms. The first kappa shape index (κ1) is 10.2. The third-order valence-electron chi connectivity index (χ3n) is 1.27. The second kappa shape index (κ2) is 4.38. The fourth-order valence-corrected chi connectivity index (χ4v) is 2.09. The van der Waals surface area contributed by atoms with Gasteiger partial charge in [-0.25, -0.2) is 0 Å². The van der Waals surface area contributed by atoms with Crippen molar-refractivity contribution in [2.75, 3.05) is 0 Å². The number of hydrogen-bond acceptors (Lipinski definition) is 3. The van der Waals surface area contributed by atoms with Crippen LogP contribution in [0.25, 0.3) is 0 Å². The Labute approximate surface area is 87.2 Å². The predicted octanol–water partition coefficient (Wildman–Crippen LogP) is 0.612. The highest BCUT2D eigenvalue weighted by atomic mass is 79.9. The van der Waals surface area contributed by atoms with E-state index in [1.165, 1.54) is 11.3 Å². The molecular weight excluding hydrogens is 256 g/mol. The van der Waals surface area contributed by atoms with Crippen molar-refractivity contribution >= 4 is 39.1 Å². The summed E-state index contributed by atoms with van der Waals surface area (Å²) < 4.78 is 0.959. The summed E-state index contributed by atoms with van der Waals surface area (Å²) in [5, 5.41) is 4.28. The van der Waals surface area contributed by atoms with Gasteiger partial charge < -0.3 is 11.1 Å². The summed E-state index contributed by atoms with van der Waals surface area (Å²) in [6, 6.07) is 1.87. The Balaban J connectivity index is 2.44. The van der Waals surface area contributed by atoms with Gasteiger partial charge in [0.2, 0.25) is 0 Å². The van der Waals surface area contributed by atoms with Crippen LogP contribution in [0.2, 0.25) is 0 Å². The molecule has 2 amide bonds. The summed E-state index contributed by atoms with van der Waals surface area (Å²) in [7, 11) is 0. The fraction of sp³-hybridized carbons (Fsp3) is 0.143. The molecule has 0 radical (unpaired) electrons. The number of rotatable bonds is 2. The van der Waals surface area contributed by atoms with Gasteiger partial charge in [-0.05, 0) is 22.0 Å². The average molecular weight is 263 g/mol. The van der Waals surface area contributed by atoms with Gasteiger partial charge in [0.1, 0.15) is 0 Å². The van der Waals surface area contributed by atoms with Crippen molar-refractivity contribution in [1.82, 2.24) is 5.32 Å². The van der Waals surface area contributed by atoms with Crippen LogP contribution >= 0.6 is 27.3 Å². The lowest BCUT2D eigenvalue weighted by molar-refractivity contribution is -0.137. The van der Waals surface area contributed by atoms with E-state index in [1.807, 2.05) is 11.4 Å². The normalized spacial score (nSPS) is 9.62. The average Bonchev–Trinajstić information content (AvgIpc) is 2.47. The van der Waals surface area contributed by atoms with Gasteiger partial charge in [0, 0.05) is 14.7 Å². The molecule has 4 nitrogen and oxygen atoms in total. The molecule has 0 saturated carbocycles. The van der Waals surface area contributed by atoms with E-state index in [9.17, 15) is 9.59 Å². The second-order valence-electron chi connectivity index (χ2n) is 2.28. The maximum Gasteiger partial charge on any atom is 0.309 e. The molecule has 0 aliphatic heterocycles. The van der Waals surface area contributed by atoms with E-state index < -0.39 is 11.8 Å². The number of amides is 2. The molecular formula is C7H7BrN2O2S. The summed E-state index contributed by atoms with van der Waals surface area (Å²) in [5.74, 6) is -1.72. The standard InChI is InChI=1S/C7H7BrN2O2S/c8-4-1-5(13-3-4)2-10-7(12)6(9)11/h1,3H,2H2,(H2,9,11)(H,10,12). The molecule has 6 heteroatoms. The minimum Gasteiger partial charge on any atom is -0.361 e. The Bertz CT molecular complexity index is 337. The van der Waals surface area contributed by atoms with E-state index >= 15 is 0 Å². The van der Waals surface area contributed by atoms with Crippen molar-refractivity contribution in [3.63, 3.8) is 0 Å². The van der Waals surface area contributed by atoms with Crippen LogP contribution in [-0.4, -0.2) is 11.8 Å². The first-order valence-electron chi connectivity index (χ1n) is 3.40. The molecule has 0 fully saturated rings. The summed E-state index contributed by atoms with van der Waals surface area (Å²) in [6.07, 6.45) is 0. The van der Waals surface area contributed by atoms with Gasteiger partial charge in [-0.1, -0.05) is 0 Å². The highest BCUT2D eigenvalue weighted by Crippen LogP contribution is 2.19. The van der Waals surface area contributed by atoms with Crippen LogP contribution in [-0.2, 0) is 16.1 Å². The van der Waals surface area contributed by atoms with Crippen LogP contribution in [0, 0.1) is 0 Å². The molecule has 13 heavy (non-hydrogen) atoms. The maximum absolute atomic E-state index is 10.7. The number of nitrogens with two attached hydrogens (primary N) is 1. The third kappa shape index (κ3) is 3.16. The van der Waals surface area contributed by atoms with Crippen molar-refractivity contribution in [1.29, 1.82) is 0 Å². The van der Waals surface area contributed by atoms with Crippen LogP contribution in [0.15, 0.2) is 15.9 Å². The summed E-state index contributed by atoms with van der Waals surface area (Å²) >= 11 is 4.76. The van der Waals surface area contributed by atoms with Gasteiger partial charge >= 0.3 is 11.8 Å². The van der Waals surface area contributed by atoms with Crippen molar-refractivity contribution < 1.29 is 9.59 Å². The molecule has 1 heterocycles. The molecule has 1 aromatic heterocycles. The van der Waals surface area contributed by atoms with E-state index in [2.05, 4.69) is 21.2 Å². The van der Waals surface area contributed by atoms with E-state index in [0.717, 1.165) is 9.35 Å². The number of thiophene rings is 1. The zero-order valence-corrected chi connectivity index (χ0v) is 8.94. The van der Waals surface area contributed by atoms with Gasteiger partial charge in [-0.3, -0.25) is 9.59 Å². The van der Waals surface area contributed by atoms with Crippen molar-refractivity contribution in [3.8, 4) is 0 Å². The van der Waals surface area contributed by atoms with Gasteiger partial charge in [0.25, 0.3) is 0 Å². The van der Waals surface area contributed by atoms with E-state index in [1.54, 1.807) is 0 Å². The highest BCUT2D eigenvalue weighted by molar-refractivity contribution is 9.10. The molecule has 0 aliphatic carbocycles. The zero-order valence-electron chi connectivity index (χ0n) is 6.54. The topological polar surface area (TPSA) is 72.2 Å². The fourth-order valence-electron chi connectivity index (χ4n) is 0.701. The van der Waals surface area contributed by atoms with E-state index in [-0.39, 0.29) is 0 Å². The first-order valence-corrected chi connectivity index (χ1v) is 5.07. The van der Waals surface area contributed by atoms with Crippen molar-refractivity contribution in [2.45, 2.75) is 6.54 Å². The predicted molar refractivity (Wildman–Crippen MR) is 53.1 cm³/mol.